The number of pyridine rings is 1. The normalized spacial score (nSPS) is 9.57. The Hall–Kier alpha value is -2.67. The molecule has 28 heavy (non-hydrogen) atoms. The average molecular weight is 374 g/mol. The van der Waals surface area contributed by atoms with Gasteiger partial charge in [0.25, 0.3) is 0 Å². The number of allylic oxidation sites excluding steroid dienone is 1. The molecule has 2 aromatic carbocycles. The van der Waals surface area contributed by atoms with Crippen molar-refractivity contribution >= 4 is 5.57 Å². The second-order valence-corrected chi connectivity index (χ2v) is 7.07. The third-order valence-electron chi connectivity index (χ3n) is 4.65. The Morgan fingerprint density at radius 3 is 1.93 bits per heavy atom. The smallest absolute Gasteiger partial charge is 0.0733 e. The summed E-state index contributed by atoms with van der Waals surface area (Å²) in [4.78, 5) is 4.46. The van der Waals surface area contributed by atoms with Crippen LogP contribution in [0, 0.1) is 34.6 Å². The second kappa shape index (κ2) is 11.2. The molecule has 0 aliphatic heterocycles. The van der Waals surface area contributed by atoms with Crippen LogP contribution in [0.1, 0.15) is 54.2 Å². The highest BCUT2D eigenvalue weighted by Crippen LogP contribution is 2.26. The van der Waals surface area contributed by atoms with Gasteiger partial charge in [-0.3, -0.25) is 4.98 Å². The summed E-state index contributed by atoms with van der Waals surface area (Å²) < 4.78 is 0. The van der Waals surface area contributed by atoms with Crippen molar-refractivity contribution < 1.29 is 0 Å². The molecule has 0 saturated heterocycles. The summed E-state index contributed by atoms with van der Waals surface area (Å²) in [6.45, 7) is 20.6. The van der Waals surface area contributed by atoms with Gasteiger partial charge in [-0.15, -0.1) is 0 Å². The van der Waals surface area contributed by atoms with Crippen molar-refractivity contribution in [3.8, 4) is 11.3 Å². The topological polar surface area (TPSA) is 12.9 Å². The van der Waals surface area contributed by atoms with Crippen LogP contribution in [0.25, 0.3) is 16.8 Å². The van der Waals surface area contributed by atoms with E-state index < -0.39 is 0 Å². The van der Waals surface area contributed by atoms with Crippen LogP contribution in [0.15, 0.2) is 61.3 Å². The van der Waals surface area contributed by atoms with Gasteiger partial charge in [0.05, 0.1) is 5.69 Å². The minimum Gasteiger partial charge on any atom is -0.256 e. The van der Waals surface area contributed by atoms with Gasteiger partial charge < -0.3 is 0 Å². The quantitative estimate of drug-likeness (QED) is 0.443. The predicted octanol–water partition coefficient (Wildman–Crippen LogP) is 8.04. The molecule has 1 heteroatoms. The fourth-order valence-electron chi connectivity index (χ4n) is 2.85. The van der Waals surface area contributed by atoms with Gasteiger partial charge in [-0.25, -0.2) is 0 Å². The van der Waals surface area contributed by atoms with Crippen LogP contribution in [0.4, 0.5) is 0 Å². The van der Waals surface area contributed by atoms with Crippen LogP contribution in [0.2, 0.25) is 0 Å². The van der Waals surface area contributed by atoms with Gasteiger partial charge >= 0.3 is 0 Å². The lowest BCUT2D eigenvalue weighted by molar-refractivity contribution is 1.25. The van der Waals surface area contributed by atoms with Gasteiger partial charge in [0, 0.05) is 11.8 Å². The van der Waals surface area contributed by atoms with Crippen LogP contribution in [0.5, 0.6) is 0 Å². The van der Waals surface area contributed by atoms with E-state index in [2.05, 4.69) is 88.6 Å². The van der Waals surface area contributed by atoms with Crippen LogP contribution >= 0.6 is 0 Å². The number of hydrogen-bond acceptors (Lipinski definition) is 1. The van der Waals surface area contributed by atoms with Gasteiger partial charge in [-0.1, -0.05) is 74.0 Å². The molecule has 0 spiro atoms. The fourth-order valence-corrected chi connectivity index (χ4v) is 2.85. The Kier molecular flexibility index (Phi) is 9.38. The molecule has 3 aromatic rings. The summed E-state index contributed by atoms with van der Waals surface area (Å²) in [5.74, 6) is 0. The number of aromatic nitrogens is 1. The van der Waals surface area contributed by atoms with Crippen molar-refractivity contribution in [1.29, 1.82) is 0 Å². The maximum absolute atomic E-state index is 4.46. The molecule has 0 unspecified atom stereocenters. The van der Waals surface area contributed by atoms with E-state index >= 15 is 0 Å². The Morgan fingerprint density at radius 2 is 1.43 bits per heavy atom. The van der Waals surface area contributed by atoms with Crippen molar-refractivity contribution in [3.05, 3.63) is 94.7 Å². The van der Waals surface area contributed by atoms with Crippen molar-refractivity contribution in [2.24, 2.45) is 0 Å². The molecule has 1 aromatic heterocycles. The minimum absolute atomic E-state index is 1.07. The maximum Gasteiger partial charge on any atom is 0.0733 e. The van der Waals surface area contributed by atoms with Crippen LogP contribution < -0.4 is 0 Å². The van der Waals surface area contributed by atoms with Gasteiger partial charge in [-0.05, 0) is 75.4 Å². The highest BCUT2D eigenvalue weighted by Gasteiger charge is 2.06. The summed E-state index contributed by atoms with van der Waals surface area (Å²) >= 11 is 0. The third-order valence-corrected chi connectivity index (χ3v) is 4.65. The zero-order chi connectivity index (χ0) is 21.3. The number of rotatable bonds is 2. The molecule has 1 nitrogen and oxygen atoms in total. The van der Waals surface area contributed by atoms with Crippen LogP contribution in [-0.2, 0) is 0 Å². The number of nitrogens with zero attached hydrogens (tertiary/aromatic N) is 1. The lowest BCUT2D eigenvalue weighted by Gasteiger charge is -2.10. The monoisotopic (exact) mass is 373 g/mol. The number of aryl methyl sites for hydroxylation is 5. The zero-order valence-corrected chi connectivity index (χ0v) is 18.9. The molecule has 0 fully saturated rings. The summed E-state index contributed by atoms with van der Waals surface area (Å²) in [7, 11) is 0. The molecular formula is C27H35N. The average Bonchev–Trinajstić information content (AvgIpc) is 2.68. The molecule has 0 N–H and O–H groups in total. The van der Waals surface area contributed by atoms with E-state index in [9.17, 15) is 0 Å². The molecule has 0 amide bonds. The SMILES string of the molecule is C=C(C)c1ccc(-c2ncccc2C)c(C)c1.CC.Cc1ccc(C)c(C)c1. The number of benzene rings is 2. The van der Waals surface area contributed by atoms with E-state index in [-0.39, 0.29) is 0 Å². The summed E-state index contributed by atoms with van der Waals surface area (Å²) in [5.41, 5.74) is 11.1. The maximum atomic E-state index is 4.46. The lowest BCUT2D eigenvalue weighted by atomic mass is 9.97. The first-order chi connectivity index (χ1) is 13.3. The van der Waals surface area contributed by atoms with E-state index in [4.69, 9.17) is 0 Å². The van der Waals surface area contributed by atoms with E-state index in [1.807, 2.05) is 33.0 Å². The Balaban J connectivity index is 0.000000301. The molecular weight excluding hydrogens is 338 g/mol. The van der Waals surface area contributed by atoms with Crippen LogP contribution in [-0.4, -0.2) is 4.98 Å². The molecule has 0 atom stereocenters. The van der Waals surface area contributed by atoms with Gasteiger partial charge in [-0.2, -0.15) is 0 Å². The van der Waals surface area contributed by atoms with E-state index in [0.29, 0.717) is 0 Å². The van der Waals surface area contributed by atoms with Crippen molar-refractivity contribution in [3.63, 3.8) is 0 Å². The first kappa shape index (κ1) is 23.4. The summed E-state index contributed by atoms with van der Waals surface area (Å²) in [6.07, 6.45) is 1.84. The van der Waals surface area contributed by atoms with Crippen molar-refractivity contribution in [2.45, 2.75) is 55.4 Å². The van der Waals surface area contributed by atoms with Gasteiger partial charge in [0.2, 0.25) is 0 Å². The molecule has 3 rings (SSSR count). The number of hydrogen-bond donors (Lipinski definition) is 0. The molecule has 1 heterocycles. The Bertz CT molecular complexity index is 919. The summed E-state index contributed by atoms with van der Waals surface area (Å²) in [6, 6.07) is 17.0. The Labute approximate surface area is 172 Å². The van der Waals surface area contributed by atoms with E-state index in [0.717, 1.165) is 11.3 Å². The molecule has 0 bridgehead atoms. The minimum atomic E-state index is 1.07. The van der Waals surface area contributed by atoms with E-state index in [1.54, 1.807) is 0 Å². The molecule has 148 valence electrons. The van der Waals surface area contributed by atoms with Crippen LogP contribution in [0.3, 0.4) is 0 Å². The van der Waals surface area contributed by atoms with Gasteiger partial charge in [0.1, 0.15) is 0 Å². The predicted molar refractivity (Wildman–Crippen MR) is 126 cm³/mol. The highest BCUT2D eigenvalue weighted by molar-refractivity contribution is 5.71. The molecule has 0 radical (unpaired) electrons. The first-order valence-electron chi connectivity index (χ1n) is 10.0. The Morgan fingerprint density at radius 1 is 0.750 bits per heavy atom. The van der Waals surface area contributed by atoms with E-state index in [1.165, 1.54) is 38.9 Å². The molecule has 0 aliphatic rings. The highest BCUT2D eigenvalue weighted by atomic mass is 14.7. The summed E-state index contributed by atoms with van der Waals surface area (Å²) in [5, 5.41) is 0. The van der Waals surface area contributed by atoms with Gasteiger partial charge in [0.15, 0.2) is 0 Å². The lowest BCUT2D eigenvalue weighted by Crippen LogP contribution is -1.91. The second-order valence-electron chi connectivity index (χ2n) is 7.07. The molecule has 0 saturated carbocycles. The zero-order valence-electron chi connectivity index (χ0n) is 18.9. The third kappa shape index (κ3) is 6.49. The van der Waals surface area contributed by atoms with Crippen molar-refractivity contribution in [1.82, 2.24) is 4.98 Å². The first-order valence-corrected chi connectivity index (χ1v) is 10.0. The molecule has 0 aliphatic carbocycles. The fraction of sp³-hybridized carbons (Fsp3) is 0.296. The van der Waals surface area contributed by atoms with Crippen molar-refractivity contribution in [2.75, 3.05) is 0 Å². The largest absolute Gasteiger partial charge is 0.256 e. The standard InChI is InChI=1S/C16H17N.C9H12.C2H6/c1-11(2)14-7-8-15(13(4)10-14)16-12(3)6-5-9-17-16;1-7-4-5-8(2)9(3)6-7;1-2/h5-10H,1H2,2-4H3;4-6H,1-3H3;1-2H3.